The highest BCUT2D eigenvalue weighted by Gasteiger charge is 2.53. The van der Waals surface area contributed by atoms with Crippen molar-refractivity contribution < 1.29 is 27.6 Å². The van der Waals surface area contributed by atoms with Crippen LogP contribution in [-0.2, 0) is 32.4 Å². The van der Waals surface area contributed by atoms with Crippen LogP contribution in [0.2, 0.25) is 10.0 Å². The van der Waals surface area contributed by atoms with E-state index < -0.39 is 55.5 Å². The second-order valence-electron chi connectivity index (χ2n) is 8.93. The Morgan fingerprint density at radius 3 is 2.58 bits per heavy atom. The molecule has 9 nitrogen and oxygen atoms in total. The van der Waals surface area contributed by atoms with Crippen LogP contribution in [0.25, 0.3) is 0 Å². The lowest BCUT2D eigenvalue weighted by Gasteiger charge is -2.42. The first-order valence-corrected chi connectivity index (χ1v) is 13.7. The van der Waals surface area contributed by atoms with Gasteiger partial charge in [-0.3, -0.25) is 19.9 Å². The minimum Gasteiger partial charge on any atom is -0.394 e. The summed E-state index contributed by atoms with van der Waals surface area (Å²) < 4.78 is 45.3. The minimum absolute atomic E-state index is 0.144. The summed E-state index contributed by atoms with van der Waals surface area (Å²) >= 11 is 12.1. The van der Waals surface area contributed by atoms with Crippen molar-refractivity contribution in [2.45, 2.75) is 41.8 Å². The van der Waals surface area contributed by atoms with Crippen molar-refractivity contribution in [3.8, 4) is 0 Å². The number of hydrogen-bond donors (Lipinski definition) is 2. The zero-order valence-corrected chi connectivity index (χ0v) is 22.1. The number of fused-ring (bicyclic) bond motifs is 1. The fourth-order valence-electron chi connectivity index (χ4n) is 4.64. The highest BCUT2D eigenvalue weighted by molar-refractivity contribution is 7.89. The number of aliphatic hydroxyl groups is 1. The molecule has 0 saturated carbocycles. The van der Waals surface area contributed by atoms with Crippen LogP contribution in [0.1, 0.15) is 36.1 Å². The van der Waals surface area contributed by atoms with Gasteiger partial charge in [-0.05, 0) is 49.1 Å². The van der Waals surface area contributed by atoms with E-state index in [2.05, 4.69) is 9.71 Å². The van der Waals surface area contributed by atoms with E-state index in [4.69, 9.17) is 23.2 Å². The molecule has 3 aromatic rings. The summed E-state index contributed by atoms with van der Waals surface area (Å²) in [6.45, 7) is -0.832. The molecular weight excluding hydrogens is 560 g/mol. The number of halogens is 3. The van der Waals surface area contributed by atoms with E-state index in [1.807, 2.05) is 0 Å². The van der Waals surface area contributed by atoms with Gasteiger partial charge in [0.05, 0.1) is 22.8 Å². The van der Waals surface area contributed by atoms with Crippen molar-refractivity contribution in [3.63, 3.8) is 0 Å². The Balaban J connectivity index is 1.68. The lowest BCUT2D eigenvalue weighted by atomic mass is 9.71. The van der Waals surface area contributed by atoms with E-state index in [0.717, 1.165) is 12.1 Å². The van der Waals surface area contributed by atoms with Crippen molar-refractivity contribution in [2.24, 2.45) is 0 Å². The molecule has 0 amide bonds. The number of para-hydroxylation sites is 1. The molecule has 38 heavy (non-hydrogen) atoms. The van der Waals surface area contributed by atoms with Gasteiger partial charge < -0.3 is 5.11 Å². The van der Waals surface area contributed by atoms with Gasteiger partial charge in [0.25, 0.3) is 5.69 Å². The Hall–Kier alpha value is -2.96. The number of sulfonamides is 1. The molecule has 0 spiro atoms. The van der Waals surface area contributed by atoms with E-state index in [-0.39, 0.29) is 30.5 Å². The van der Waals surface area contributed by atoms with Crippen molar-refractivity contribution in [1.82, 2.24) is 9.71 Å². The zero-order valence-electron chi connectivity index (χ0n) is 19.7. The first-order valence-electron chi connectivity index (χ1n) is 11.4. The van der Waals surface area contributed by atoms with Crippen LogP contribution in [0.3, 0.4) is 0 Å². The maximum absolute atomic E-state index is 16.4. The summed E-state index contributed by atoms with van der Waals surface area (Å²) in [5.41, 5.74) is -4.74. The minimum atomic E-state index is -4.59. The number of carbonyl (C=O) groups is 1. The van der Waals surface area contributed by atoms with Gasteiger partial charge in [0.1, 0.15) is 0 Å². The second kappa shape index (κ2) is 10.7. The third-order valence-electron chi connectivity index (χ3n) is 6.61. The maximum atomic E-state index is 16.4. The Bertz CT molecular complexity index is 1520. The van der Waals surface area contributed by atoms with Crippen LogP contribution >= 0.6 is 23.2 Å². The van der Waals surface area contributed by atoms with Gasteiger partial charge in [0.2, 0.25) is 10.0 Å². The molecule has 1 aliphatic rings. The average molecular weight is 582 g/mol. The largest absolute Gasteiger partial charge is 0.394 e. The Morgan fingerprint density at radius 1 is 1.16 bits per heavy atom. The number of nitrogens with one attached hydrogen (secondary N) is 1. The van der Waals surface area contributed by atoms with Crippen molar-refractivity contribution in [1.29, 1.82) is 0 Å². The highest BCUT2D eigenvalue weighted by Crippen LogP contribution is 2.47. The standard InChI is InChI=1S/C25H22Cl2FN3O6S/c26-17-9-7-16(19(27)14-17)8-10-22(33)25(28)12-11-24(15-32,23-18(25)4-3-13-29-23)30-38(36,37)21-6-2-1-5-20(21)31(34)35/h1-7,9,13-14,30,32H,8,10-12,15H2/t24-,25+/m1/s1. The van der Waals surface area contributed by atoms with E-state index in [0.29, 0.717) is 15.6 Å². The molecule has 1 heterocycles. The molecule has 0 bridgehead atoms. The number of nitro groups is 1. The number of aryl methyl sites for hydroxylation is 1. The number of benzene rings is 2. The van der Waals surface area contributed by atoms with Gasteiger partial charge in [-0.2, -0.15) is 4.72 Å². The third kappa shape index (κ3) is 5.16. The summed E-state index contributed by atoms with van der Waals surface area (Å²) in [7, 11) is -4.59. The van der Waals surface area contributed by atoms with Crippen molar-refractivity contribution >= 4 is 44.7 Å². The molecule has 200 valence electrons. The summed E-state index contributed by atoms with van der Waals surface area (Å²) in [5, 5.41) is 22.5. The first-order chi connectivity index (χ1) is 17.9. The summed E-state index contributed by atoms with van der Waals surface area (Å²) in [6.07, 6.45) is 0.425. The summed E-state index contributed by atoms with van der Waals surface area (Å²) in [6, 6.07) is 12.2. The van der Waals surface area contributed by atoms with Gasteiger partial charge >= 0.3 is 0 Å². The van der Waals surface area contributed by atoms with Crippen LogP contribution in [-0.4, -0.2) is 35.8 Å². The first kappa shape index (κ1) is 28.1. The Kier molecular flexibility index (Phi) is 7.87. The van der Waals surface area contributed by atoms with E-state index >= 15 is 4.39 Å². The number of ketones is 1. The molecule has 2 aromatic carbocycles. The number of nitro benzene ring substituents is 1. The number of carbonyl (C=O) groups excluding carboxylic acids is 1. The average Bonchev–Trinajstić information content (AvgIpc) is 2.90. The molecule has 2 atom stereocenters. The normalized spacial score (nSPS) is 21.1. The fourth-order valence-corrected chi connectivity index (χ4v) is 6.70. The SMILES string of the molecule is O=C(CCc1ccc(Cl)cc1Cl)[C@]1(F)CC[C@](CO)(NS(=O)(=O)c2ccccc2[N+](=O)[O-])c2ncccc21. The smallest absolute Gasteiger partial charge is 0.289 e. The zero-order chi connectivity index (χ0) is 27.7. The predicted octanol–water partition coefficient (Wildman–Crippen LogP) is 4.62. The van der Waals surface area contributed by atoms with Gasteiger partial charge in [-0.15, -0.1) is 0 Å². The molecule has 0 aliphatic heterocycles. The molecule has 1 aliphatic carbocycles. The van der Waals surface area contributed by atoms with E-state index in [1.165, 1.54) is 36.5 Å². The molecule has 1 aromatic heterocycles. The number of alkyl halides is 1. The number of aromatic nitrogens is 1. The summed E-state index contributed by atoms with van der Waals surface area (Å²) in [4.78, 5) is 27.3. The monoisotopic (exact) mass is 581 g/mol. The van der Waals surface area contributed by atoms with Crippen LogP contribution in [0.4, 0.5) is 10.1 Å². The molecule has 0 saturated heterocycles. The number of pyridine rings is 1. The van der Waals surface area contributed by atoms with Gasteiger partial charge in [-0.25, -0.2) is 12.8 Å². The highest BCUT2D eigenvalue weighted by atomic mass is 35.5. The van der Waals surface area contributed by atoms with Gasteiger partial charge in [0, 0.05) is 34.3 Å². The van der Waals surface area contributed by atoms with E-state index in [9.17, 15) is 28.4 Å². The second-order valence-corrected chi connectivity index (χ2v) is 11.4. The Labute approximate surface area is 227 Å². The molecule has 2 N–H and O–H groups in total. The summed E-state index contributed by atoms with van der Waals surface area (Å²) in [5.74, 6) is -0.758. The van der Waals surface area contributed by atoms with Crippen molar-refractivity contribution in [3.05, 3.63) is 97.8 Å². The Morgan fingerprint density at radius 2 is 1.89 bits per heavy atom. The number of hydrogen-bond acceptors (Lipinski definition) is 7. The molecule has 0 fully saturated rings. The van der Waals surface area contributed by atoms with Gasteiger partial charge in [-0.1, -0.05) is 47.5 Å². The van der Waals surface area contributed by atoms with Crippen LogP contribution in [0.5, 0.6) is 0 Å². The maximum Gasteiger partial charge on any atom is 0.289 e. The molecular formula is C25H22Cl2FN3O6S. The topological polar surface area (TPSA) is 140 Å². The number of nitrogens with zero attached hydrogens (tertiary/aromatic N) is 2. The number of Topliss-reactive ketones (excluding diaryl/α,β-unsaturated/α-hetero) is 1. The fraction of sp³-hybridized carbons (Fsp3) is 0.280. The van der Waals surface area contributed by atoms with E-state index in [1.54, 1.807) is 12.1 Å². The predicted molar refractivity (Wildman–Crippen MR) is 138 cm³/mol. The lowest BCUT2D eigenvalue weighted by molar-refractivity contribution is -0.387. The number of rotatable bonds is 9. The number of aliphatic hydroxyl groups excluding tert-OH is 1. The molecule has 0 radical (unpaired) electrons. The van der Waals surface area contributed by atoms with Crippen LogP contribution < -0.4 is 4.72 Å². The van der Waals surface area contributed by atoms with Crippen molar-refractivity contribution in [2.75, 3.05) is 6.61 Å². The quantitative estimate of drug-likeness (QED) is 0.277. The van der Waals surface area contributed by atoms with Crippen LogP contribution in [0.15, 0.2) is 65.7 Å². The third-order valence-corrected chi connectivity index (χ3v) is 8.78. The van der Waals surface area contributed by atoms with Crippen LogP contribution in [0, 0.1) is 10.1 Å². The van der Waals surface area contributed by atoms with Gasteiger partial charge in [0.15, 0.2) is 16.3 Å². The molecule has 0 unspecified atom stereocenters. The molecule has 13 heteroatoms. The lowest BCUT2D eigenvalue weighted by Crippen LogP contribution is -2.54. The molecule has 4 rings (SSSR count).